The van der Waals surface area contributed by atoms with Crippen LogP contribution in [-0.4, -0.2) is 52.8 Å². The van der Waals surface area contributed by atoms with E-state index in [2.05, 4.69) is 33.4 Å². The van der Waals surface area contributed by atoms with E-state index in [1.165, 1.54) is 4.70 Å². The van der Waals surface area contributed by atoms with E-state index in [1.54, 1.807) is 24.6 Å². The molecule has 3 heterocycles. The summed E-state index contributed by atoms with van der Waals surface area (Å²) in [5, 5.41) is 16.8. The van der Waals surface area contributed by atoms with Crippen LogP contribution in [0.4, 0.5) is 0 Å². The van der Waals surface area contributed by atoms with E-state index in [-0.39, 0.29) is 0 Å². The fraction of sp³-hybridized carbons (Fsp3) is 0.360. The molecule has 7 heteroatoms. The van der Waals surface area contributed by atoms with Gasteiger partial charge in [-0.1, -0.05) is 24.3 Å². The van der Waals surface area contributed by atoms with Crippen molar-refractivity contribution in [3.05, 3.63) is 65.3 Å². The van der Waals surface area contributed by atoms with Gasteiger partial charge in [0.1, 0.15) is 16.3 Å². The second-order valence-corrected chi connectivity index (χ2v) is 9.42. The Labute approximate surface area is 191 Å². The van der Waals surface area contributed by atoms with Crippen LogP contribution >= 0.6 is 11.3 Å². The third kappa shape index (κ3) is 4.47. The first-order valence-corrected chi connectivity index (χ1v) is 11.9. The molecule has 0 spiro atoms. The number of nitrogens with zero attached hydrogens (tertiary/aromatic N) is 3. The van der Waals surface area contributed by atoms with E-state index in [0.717, 1.165) is 65.2 Å². The summed E-state index contributed by atoms with van der Waals surface area (Å²) in [5.41, 5.74) is 2.79. The molecule has 0 amide bonds. The Kier molecular flexibility index (Phi) is 6.32. The first-order valence-electron chi connectivity index (χ1n) is 11.1. The molecule has 0 saturated carbocycles. The van der Waals surface area contributed by atoms with E-state index in [9.17, 15) is 5.11 Å². The van der Waals surface area contributed by atoms with Gasteiger partial charge in [-0.25, -0.2) is 4.98 Å². The van der Waals surface area contributed by atoms with Crippen LogP contribution in [0.3, 0.4) is 0 Å². The van der Waals surface area contributed by atoms with Gasteiger partial charge in [0.05, 0.1) is 23.4 Å². The molecule has 1 atom stereocenters. The number of thiazole rings is 1. The Bertz CT molecular complexity index is 1170. The normalized spacial score (nSPS) is 16.6. The first kappa shape index (κ1) is 21.3. The van der Waals surface area contributed by atoms with Gasteiger partial charge in [0.2, 0.25) is 0 Å². The second-order valence-electron chi connectivity index (χ2n) is 8.30. The van der Waals surface area contributed by atoms with Crippen LogP contribution < -0.4 is 10.1 Å². The average Bonchev–Trinajstić information content (AvgIpc) is 3.26. The minimum atomic E-state index is -0.556. The topological polar surface area (TPSA) is 70.5 Å². The van der Waals surface area contributed by atoms with Crippen molar-refractivity contribution in [3.8, 4) is 5.75 Å². The van der Waals surface area contributed by atoms with Crippen molar-refractivity contribution in [3.63, 3.8) is 0 Å². The molecule has 5 rings (SSSR count). The van der Waals surface area contributed by atoms with Crippen molar-refractivity contribution in [2.45, 2.75) is 31.5 Å². The summed E-state index contributed by atoms with van der Waals surface area (Å²) in [6.45, 7) is 3.39. The Morgan fingerprint density at radius 3 is 2.81 bits per heavy atom. The number of ether oxygens (including phenoxy) is 1. The maximum absolute atomic E-state index is 11.0. The monoisotopic (exact) mass is 448 g/mol. The molecule has 1 fully saturated rings. The molecular weight excluding hydrogens is 420 g/mol. The van der Waals surface area contributed by atoms with Crippen LogP contribution in [0, 0.1) is 0 Å². The highest BCUT2D eigenvalue weighted by Crippen LogP contribution is 2.30. The molecule has 6 nitrogen and oxygen atoms in total. The maximum atomic E-state index is 11.0. The lowest BCUT2D eigenvalue weighted by Crippen LogP contribution is -2.43. The molecule has 2 N–H and O–H groups in total. The molecule has 1 saturated heterocycles. The number of hydrogen-bond acceptors (Lipinski definition) is 7. The van der Waals surface area contributed by atoms with Crippen LogP contribution in [0.1, 0.15) is 29.5 Å². The van der Waals surface area contributed by atoms with E-state index in [1.807, 2.05) is 30.3 Å². The molecular formula is C25H28N4O2S. The molecule has 166 valence electrons. The van der Waals surface area contributed by atoms with Crippen LogP contribution in [0.25, 0.3) is 21.1 Å². The van der Waals surface area contributed by atoms with Gasteiger partial charge in [-0.3, -0.25) is 4.98 Å². The summed E-state index contributed by atoms with van der Waals surface area (Å²) in [6.07, 6.45) is 3.34. The van der Waals surface area contributed by atoms with Crippen molar-refractivity contribution in [2.24, 2.45) is 0 Å². The van der Waals surface area contributed by atoms with E-state index >= 15 is 0 Å². The summed E-state index contributed by atoms with van der Waals surface area (Å²) in [6, 6.07) is 16.5. The number of nitrogens with one attached hydrogen (secondary N) is 1. The van der Waals surface area contributed by atoms with Crippen molar-refractivity contribution < 1.29 is 9.84 Å². The number of aliphatic hydroxyl groups excluding tert-OH is 1. The second kappa shape index (κ2) is 9.50. The average molecular weight is 449 g/mol. The molecule has 0 aliphatic carbocycles. The Morgan fingerprint density at radius 2 is 2.00 bits per heavy atom. The van der Waals surface area contributed by atoms with Crippen LogP contribution in [0.2, 0.25) is 0 Å². The molecule has 1 aliphatic heterocycles. The summed E-state index contributed by atoms with van der Waals surface area (Å²) < 4.78 is 6.68. The zero-order valence-corrected chi connectivity index (χ0v) is 19.0. The van der Waals surface area contributed by atoms with Gasteiger partial charge in [-0.15, -0.1) is 11.3 Å². The number of fused-ring (bicyclic) bond motifs is 2. The van der Waals surface area contributed by atoms with Gasteiger partial charge in [-0.05, 0) is 55.8 Å². The Morgan fingerprint density at radius 1 is 1.16 bits per heavy atom. The number of methoxy groups -OCH3 is 1. The van der Waals surface area contributed by atoms with Crippen molar-refractivity contribution in [1.29, 1.82) is 0 Å². The number of para-hydroxylation sites is 2. The quantitative estimate of drug-likeness (QED) is 0.443. The van der Waals surface area contributed by atoms with E-state index in [0.29, 0.717) is 12.6 Å². The number of likely N-dealkylation sites (tertiary alicyclic amines) is 1. The number of aliphatic hydroxyl groups is 1. The Balaban J connectivity index is 1.16. The van der Waals surface area contributed by atoms with Gasteiger partial charge in [0.15, 0.2) is 0 Å². The van der Waals surface area contributed by atoms with Crippen LogP contribution in [0.5, 0.6) is 5.75 Å². The summed E-state index contributed by atoms with van der Waals surface area (Å²) in [7, 11) is 1.65. The minimum Gasteiger partial charge on any atom is -0.494 e. The maximum Gasteiger partial charge on any atom is 0.145 e. The summed E-state index contributed by atoms with van der Waals surface area (Å²) in [5.74, 6) is 0.733. The SMILES string of the molecule is COc1cccc2c([C@@H](O)CN3CCC(NCc4nc5ccccc5s4)CC3)ccnc12. The predicted molar refractivity (Wildman–Crippen MR) is 129 cm³/mol. The van der Waals surface area contributed by atoms with E-state index < -0.39 is 6.10 Å². The largest absolute Gasteiger partial charge is 0.494 e. The first-order chi connectivity index (χ1) is 15.7. The number of benzene rings is 2. The number of hydrogen-bond donors (Lipinski definition) is 2. The third-order valence-corrected chi connectivity index (χ3v) is 7.28. The smallest absolute Gasteiger partial charge is 0.145 e. The molecule has 32 heavy (non-hydrogen) atoms. The lowest BCUT2D eigenvalue weighted by Gasteiger charge is -2.33. The zero-order chi connectivity index (χ0) is 21.9. The standard InChI is InChI=1S/C25H28N4O2S/c1-31-22-7-4-5-19-18(9-12-26-25(19)22)21(30)16-29-13-10-17(11-14-29)27-15-24-28-20-6-2-3-8-23(20)32-24/h2-9,12,17,21,27,30H,10-11,13-16H2,1H3/t21-/m0/s1. The fourth-order valence-electron chi connectivity index (χ4n) is 4.52. The van der Waals surface area contributed by atoms with Crippen LogP contribution in [-0.2, 0) is 6.54 Å². The van der Waals surface area contributed by atoms with Crippen molar-refractivity contribution >= 4 is 32.5 Å². The summed E-state index contributed by atoms with van der Waals surface area (Å²) >= 11 is 1.76. The molecule has 4 aromatic rings. The van der Waals surface area contributed by atoms with Gasteiger partial charge in [0.25, 0.3) is 0 Å². The molecule has 2 aromatic carbocycles. The van der Waals surface area contributed by atoms with Crippen LogP contribution in [0.15, 0.2) is 54.7 Å². The van der Waals surface area contributed by atoms with Gasteiger partial charge < -0.3 is 20.1 Å². The van der Waals surface area contributed by atoms with Crippen molar-refractivity contribution in [2.75, 3.05) is 26.7 Å². The highest BCUT2D eigenvalue weighted by molar-refractivity contribution is 7.18. The number of β-amino-alcohol motifs (C(OH)–C–C–N with tert-alkyl or cyclic N) is 1. The van der Waals surface area contributed by atoms with Gasteiger partial charge in [-0.2, -0.15) is 0 Å². The number of piperidine rings is 1. The molecule has 2 aromatic heterocycles. The Hall–Kier alpha value is -2.58. The summed E-state index contributed by atoms with van der Waals surface area (Å²) in [4.78, 5) is 11.5. The highest BCUT2D eigenvalue weighted by atomic mass is 32.1. The molecule has 0 bridgehead atoms. The molecule has 0 radical (unpaired) electrons. The zero-order valence-electron chi connectivity index (χ0n) is 18.2. The molecule has 0 unspecified atom stereocenters. The fourth-order valence-corrected chi connectivity index (χ4v) is 5.43. The molecule has 1 aliphatic rings. The van der Waals surface area contributed by atoms with Gasteiger partial charge in [0, 0.05) is 30.7 Å². The number of rotatable bonds is 7. The minimum absolute atomic E-state index is 0.487. The lowest BCUT2D eigenvalue weighted by molar-refractivity contribution is 0.0949. The van der Waals surface area contributed by atoms with Gasteiger partial charge >= 0.3 is 0 Å². The van der Waals surface area contributed by atoms with E-state index in [4.69, 9.17) is 9.72 Å². The lowest BCUT2D eigenvalue weighted by atomic mass is 10.0. The third-order valence-electron chi connectivity index (χ3n) is 6.25. The highest BCUT2D eigenvalue weighted by Gasteiger charge is 2.23. The predicted octanol–water partition coefficient (Wildman–Crippen LogP) is 4.14. The van der Waals surface area contributed by atoms with Crippen molar-refractivity contribution in [1.82, 2.24) is 20.2 Å². The number of aromatic nitrogens is 2. The number of pyridine rings is 1.